The molecule has 4 saturated carbocycles. The van der Waals surface area contributed by atoms with Crippen LogP contribution in [0.5, 0.6) is 5.88 Å². The third-order valence-electron chi connectivity index (χ3n) is 13.8. The molecule has 5 fully saturated rings. The minimum absolute atomic E-state index is 0.00987. The number of carbonyl (C=O) groups excluding carboxylic acids is 4. The third-order valence-corrected chi connectivity index (χ3v) is 15.6. The summed E-state index contributed by atoms with van der Waals surface area (Å²) in [5.41, 5.74) is -1.86. The van der Waals surface area contributed by atoms with Crippen LogP contribution < -0.4 is 31.0 Å². The fraction of sp³-hybridized carbons (Fsp3) is 0.651. The van der Waals surface area contributed by atoms with Crippen molar-refractivity contribution in [3.05, 3.63) is 53.3 Å². The van der Waals surface area contributed by atoms with Gasteiger partial charge in [0.1, 0.15) is 23.7 Å². The van der Waals surface area contributed by atoms with E-state index in [0.29, 0.717) is 48.4 Å². The van der Waals surface area contributed by atoms with Gasteiger partial charge in [0.25, 0.3) is 11.5 Å². The van der Waals surface area contributed by atoms with Crippen LogP contribution in [0.25, 0.3) is 10.8 Å². The quantitative estimate of drug-likeness (QED) is 0.285. The number of hydrogen-bond donors (Lipinski definition) is 4. The maximum absolute atomic E-state index is 15.0. The number of carbonyl (C=O) groups is 4. The van der Waals surface area contributed by atoms with Crippen molar-refractivity contribution < 1.29 is 32.3 Å². The molecule has 1 aromatic carbocycles. The van der Waals surface area contributed by atoms with E-state index < -0.39 is 56.7 Å². The van der Waals surface area contributed by atoms with Crippen LogP contribution in [0.2, 0.25) is 0 Å². The number of nitrogens with one attached hydrogen (secondary N) is 4. The van der Waals surface area contributed by atoms with E-state index >= 15 is 0 Å². The molecule has 14 nitrogen and oxygen atoms in total. The molecule has 15 heteroatoms. The van der Waals surface area contributed by atoms with Gasteiger partial charge in [0, 0.05) is 30.5 Å². The Morgan fingerprint density at radius 2 is 1.60 bits per heavy atom. The number of ether oxygens (including phenoxy) is 1. The summed E-state index contributed by atoms with van der Waals surface area (Å²) in [6.07, 6.45) is 12.0. The summed E-state index contributed by atoms with van der Waals surface area (Å²) < 4.78 is 36.2. The van der Waals surface area contributed by atoms with Gasteiger partial charge in [-0.2, -0.15) is 0 Å². The van der Waals surface area contributed by atoms with E-state index in [1.54, 1.807) is 4.57 Å². The Balaban J connectivity index is 1.14. The van der Waals surface area contributed by atoms with Gasteiger partial charge in [-0.25, -0.2) is 13.2 Å². The van der Waals surface area contributed by atoms with Gasteiger partial charge in [-0.1, -0.05) is 56.4 Å². The number of fused-ring (bicyclic) bond motifs is 6. The molecule has 2 bridgehead atoms. The minimum Gasteiger partial charge on any atom is -0.473 e. The summed E-state index contributed by atoms with van der Waals surface area (Å²) in [5, 5.41) is 9.73. The van der Waals surface area contributed by atoms with E-state index in [9.17, 15) is 32.4 Å². The molecule has 4 N–H and O–H groups in total. The first-order valence-corrected chi connectivity index (χ1v) is 23.0. The lowest BCUT2D eigenvalue weighted by atomic mass is 9.94. The highest BCUT2D eigenvalue weighted by Crippen LogP contribution is 2.45. The molecule has 2 unspecified atom stereocenters. The number of rotatable bonds is 8. The Morgan fingerprint density at radius 3 is 2.34 bits per heavy atom. The first kappa shape index (κ1) is 40.4. The molecule has 1 aromatic heterocycles. The van der Waals surface area contributed by atoms with Crippen LogP contribution in [0.15, 0.2) is 47.8 Å². The molecule has 0 spiro atoms. The molecule has 314 valence electrons. The summed E-state index contributed by atoms with van der Waals surface area (Å²) in [6, 6.07) is 6.83. The van der Waals surface area contributed by atoms with Crippen LogP contribution in [0, 0.1) is 23.7 Å². The maximum atomic E-state index is 15.0. The van der Waals surface area contributed by atoms with E-state index in [1.807, 2.05) is 30.3 Å². The normalized spacial score (nSPS) is 30.5. The number of pyridine rings is 1. The second-order valence-corrected chi connectivity index (χ2v) is 20.0. The molecular formula is C43H58N6O8S. The number of urea groups is 1. The van der Waals surface area contributed by atoms with Crippen LogP contribution in [-0.4, -0.2) is 83.2 Å². The second kappa shape index (κ2) is 16.3. The summed E-state index contributed by atoms with van der Waals surface area (Å²) in [7, 11) is -3.93. The second-order valence-electron chi connectivity index (χ2n) is 18.1. The smallest absolute Gasteiger partial charge is 0.315 e. The molecule has 1 saturated heterocycles. The first-order chi connectivity index (χ1) is 27.8. The molecule has 5 amide bonds. The summed E-state index contributed by atoms with van der Waals surface area (Å²) in [4.78, 5) is 72.5. The van der Waals surface area contributed by atoms with Crippen molar-refractivity contribution in [2.75, 3.05) is 6.54 Å². The van der Waals surface area contributed by atoms with Crippen molar-refractivity contribution >= 4 is 44.5 Å². The van der Waals surface area contributed by atoms with Crippen molar-refractivity contribution in [3.8, 4) is 5.88 Å². The number of amides is 5. The molecule has 58 heavy (non-hydrogen) atoms. The highest BCUT2D eigenvalue weighted by atomic mass is 32.2. The average molecular weight is 819 g/mol. The SMILES string of the molecule is C=CC[C@@](C)(NC(=O)[C@@H]1C[C@@H]2CN1C(=O)[C@H](C1CCCC1)NC(=O)N[C@@H]1CCC[C@H]1CCCC1CC1Cn1c(cc3ccccc3c1=O)O2)C(=O)NS(=O)(=O)C1CC1. The van der Waals surface area contributed by atoms with Crippen molar-refractivity contribution in [1.82, 2.24) is 30.1 Å². The number of hydrogen-bond acceptors (Lipinski definition) is 8. The topological polar surface area (TPSA) is 185 Å². The molecule has 6 aliphatic rings. The van der Waals surface area contributed by atoms with Crippen LogP contribution in [0.1, 0.15) is 103 Å². The van der Waals surface area contributed by atoms with Crippen molar-refractivity contribution in [3.63, 3.8) is 0 Å². The lowest BCUT2D eigenvalue weighted by Gasteiger charge is -2.34. The zero-order valence-corrected chi connectivity index (χ0v) is 34.3. The van der Waals surface area contributed by atoms with Gasteiger partial charge < -0.3 is 25.6 Å². The fourth-order valence-corrected chi connectivity index (χ4v) is 11.6. The standard InChI is InChI=1S/C43H58N6O8S/c1-3-20-43(2,41(53)47-58(55,56)32-18-19-32)46-38(50)35-23-31-25-48(35)40(52)37(27-10-4-5-11-27)45-42(54)44-34-17-9-14-26(34)13-8-15-28-21-30(28)24-49-36(57-31)22-29-12-6-7-16-33(29)39(49)51/h3,6-7,12,16,22,26-28,30-32,34-35,37H,1,4-5,8-11,13-15,17-21,23-25H2,2H3,(H,46,50)(H,47,53)(H2,44,45,54)/t26-,28?,30?,31-,34-,35+,37+,43-/m1/s1. The molecular weight excluding hydrogens is 761 g/mol. The van der Waals surface area contributed by atoms with Gasteiger partial charge in [-0.05, 0) is 99.8 Å². The summed E-state index contributed by atoms with van der Waals surface area (Å²) in [5.74, 6) is -0.593. The zero-order valence-electron chi connectivity index (χ0n) is 33.5. The summed E-state index contributed by atoms with van der Waals surface area (Å²) >= 11 is 0. The number of aromatic nitrogens is 1. The average Bonchev–Trinajstić information content (AvgIpc) is 4.00. The zero-order chi connectivity index (χ0) is 40.8. The van der Waals surface area contributed by atoms with Gasteiger partial charge >= 0.3 is 6.03 Å². The van der Waals surface area contributed by atoms with E-state index in [0.717, 1.165) is 76.0 Å². The third kappa shape index (κ3) is 8.51. The molecule has 4 aliphatic carbocycles. The van der Waals surface area contributed by atoms with E-state index in [1.165, 1.54) is 17.9 Å². The largest absolute Gasteiger partial charge is 0.473 e. The number of nitrogens with zero attached hydrogens (tertiary/aromatic N) is 2. The van der Waals surface area contributed by atoms with Gasteiger partial charge in [-0.15, -0.1) is 6.58 Å². The van der Waals surface area contributed by atoms with Crippen LogP contribution in [-0.2, 0) is 31.0 Å². The predicted octanol–water partition coefficient (Wildman–Crippen LogP) is 4.26. The molecule has 2 aliphatic heterocycles. The van der Waals surface area contributed by atoms with Gasteiger partial charge in [-0.3, -0.25) is 28.5 Å². The molecule has 2 aromatic rings. The lowest BCUT2D eigenvalue weighted by Crippen LogP contribution is -2.62. The fourth-order valence-electron chi connectivity index (χ4n) is 10.2. The van der Waals surface area contributed by atoms with Crippen molar-refractivity contribution in [2.45, 2.75) is 145 Å². The highest BCUT2D eigenvalue weighted by Gasteiger charge is 2.49. The number of sulfonamides is 1. The predicted molar refractivity (Wildman–Crippen MR) is 218 cm³/mol. The van der Waals surface area contributed by atoms with Crippen LogP contribution in [0.3, 0.4) is 0 Å². The maximum Gasteiger partial charge on any atom is 0.315 e. The van der Waals surface area contributed by atoms with Gasteiger partial charge in [0.05, 0.1) is 11.8 Å². The molecule has 0 radical (unpaired) electrons. The summed E-state index contributed by atoms with van der Waals surface area (Å²) in [6.45, 7) is 5.68. The highest BCUT2D eigenvalue weighted by molar-refractivity contribution is 7.91. The van der Waals surface area contributed by atoms with Gasteiger partial charge in [0.2, 0.25) is 21.8 Å². The van der Waals surface area contributed by atoms with Crippen molar-refractivity contribution in [1.29, 1.82) is 0 Å². The Kier molecular flexibility index (Phi) is 11.4. The molecule has 3 heterocycles. The van der Waals surface area contributed by atoms with E-state index in [2.05, 4.69) is 27.3 Å². The minimum atomic E-state index is -3.93. The monoisotopic (exact) mass is 818 g/mol. The number of benzene rings is 1. The Bertz CT molecular complexity index is 2110. The van der Waals surface area contributed by atoms with E-state index in [-0.39, 0.29) is 42.9 Å². The Hall–Kier alpha value is -4.40. The molecule has 8 atom stereocenters. The van der Waals surface area contributed by atoms with Crippen LogP contribution in [0.4, 0.5) is 4.79 Å². The Morgan fingerprint density at radius 1 is 0.897 bits per heavy atom. The van der Waals surface area contributed by atoms with Gasteiger partial charge in [0.15, 0.2) is 5.88 Å². The van der Waals surface area contributed by atoms with Crippen molar-refractivity contribution in [2.24, 2.45) is 23.7 Å². The lowest BCUT2D eigenvalue weighted by molar-refractivity contribution is -0.142. The first-order valence-electron chi connectivity index (χ1n) is 21.5. The van der Waals surface area contributed by atoms with Crippen LogP contribution >= 0.6 is 0 Å². The Labute approximate surface area is 340 Å². The van der Waals surface area contributed by atoms with E-state index in [4.69, 9.17) is 4.74 Å². The molecule has 8 rings (SSSR count).